The second-order valence-electron chi connectivity index (χ2n) is 3.34. The molecule has 0 aliphatic heterocycles. The summed E-state index contributed by atoms with van der Waals surface area (Å²) in [6.45, 7) is 9.73. The molecule has 1 heteroatoms. The Balaban J connectivity index is 0.000000686. The topological polar surface area (TPSA) is 12.9 Å². The Labute approximate surface area is 103 Å². The van der Waals surface area contributed by atoms with Crippen molar-refractivity contribution in [3.8, 4) is 0 Å². The maximum atomic E-state index is 4.41. The average Bonchev–Trinajstić information content (AvgIpc) is 2.41. The Bertz CT molecular complexity index is 609. The Kier molecular flexibility index (Phi) is 5.15. The van der Waals surface area contributed by atoms with E-state index in [1.165, 1.54) is 16.0 Å². The highest BCUT2D eigenvalue weighted by atomic mass is 14.6. The van der Waals surface area contributed by atoms with Gasteiger partial charge in [-0.2, -0.15) is 0 Å². The van der Waals surface area contributed by atoms with E-state index in [4.69, 9.17) is 0 Å². The number of allylic oxidation sites excluding steroid dienone is 1. The molecular formula is C16H19N. The molecule has 1 aromatic heterocycles. The van der Waals surface area contributed by atoms with E-state index in [0.29, 0.717) is 0 Å². The van der Waals surface area contributed by atoms with Gasteiger partial charge in [-0.05, 0) is 18.4 Å². The van der Waals surface area contributed by atoms with E-state index in [1.54, 1.807) is 6.08 Å². The predicted molar refractivity (Wildman–Crippen MR) is 77.1 cm³/mol. The minimum atomic E-state index is 0.978. The fraction of sp³-hybridized carbons (Fsp3) is 0.188. The molecule has 0 amide bonds. The zero-order valence-electron chi connectivity index (χ0n) is 10.8. The third kappa shape index (κ3) is 2.82. The number of hydrogen-bond acceptors (Lipinski definition) is 1. The van der Waals surface area contributed by atoms with Crippen LogP contribution >= 0.6 is 0 Å². The van der Waals surface area contributed by atoms with Crippen LogP contribution in [0.25, 0.3) is 22.9 Å². The molecule has 1 nitrogen and oxygen atoms in total. The maximum absolute atomic E-state index is 4.41. The van der Waals surface area contributed by atoms with Crippen molar-refractivity contribution >= 4 is 22.9 Å². The Morgan fingerprint density at radius 3 is 2.53 bits per heavy atom. The lowest BCUT2D eigenvalue weighted by molar-refractivity contribution is 1.25. The van der Waals surface area contributed by atoms with Gasteiger partial charge in [0, 0.05) is 16.8 Å². The second kappa shape index (κ2) is 6.64. The van der Waals surface area contributed by atoms with Crippen LogP contribution in [0.5, 0.6) is 0 Å². The average molecular weight is 225 g/mol. The molecule has 0 radical (unpaired) electrons. The van der Waals surface area contributed by atoms with Crippen LogP contribution in [0.15, 0.2) is 43.1 Å². The molecule has 0 aliphatic carbocycles. The number of nitrogens with zero attached hydrogens (tertiary/aromatic N) is 1. The first kappa shape index (κ1) is 13.2. The van der Waals surface area contributed by atoms with E-state index in [0.717, 1.165) is 5.35 Å². The molecule has 88 valence electrons. The molecule has 0 bridgehead atoms. The standard InChI is InChI=1S/C14H13N.C2H6/c1-3-7-14-12(4-2)13-9-6-5-8-11(13)10-15-14;1-2/h3-10H,1H2,2H3;1-2H3/b12-4-,14-7+;. The first-order chi connectivity index (χ1) is 8.36. The van der Waals surface area contributed by atoms with Crippen molar-refractivity contribution in [3.63, 3.8) is 0 Å². The van der Waals surface area contributed by atoms with E-state index < -0.39 is 0 Å². The minimum absolute atomic E-state index is 0.978. The van der Waals surface area contributed by atoms with Crippen molar-refractivity contribution in [2.24, 2.45) is 0 Å². The van der Waals surface area contributed by atoms with Gasteiger partial charge in [-0.25, -0.2) is 0 Å². The number of pyridine rings is 1. The molecular weight excluding hydrogens is 206 g/mol. The van der Waals surface area contributed by atoms with Gasteiger partial charge in [0.15, 0.2) is 0 Å². The van der Waals surface area contributed by atoms with Crippen LogP contribution in [0.1, 0.15) is 20.8 Å². The van der Waals surface area contributed by atoms with Crippen LogP contribution in [0, 0.1) is 0 Å². The van der Waals surface area contributed by atoms with Crippen LogP contribution in [-0.2, 0) is 0 Å². The number of rotatable bonds is 1. The van der Waals surface area contributed by atoms with Gasteiger partial charge < -0.3 is 0 Å². The molecule has 0 saturated heterocycles. The van der Waals surface area contributed by atoms with Crippen molar-refractivity contribution in [2.75, 3.05) is 0 Å². The Hall–Kier alpha value is -1.89. The molecule has 2 aromatic rings. The van der Waals surface area contributed by atoms with E-state index in [-0.39, 0.29) is 0 Å². The molecule has 0 unspecified atom stereocenters. The number of hydrogen-bond donors (Lipinski definition) is 0. The van der Waals surface area contributed by atoms with Gasteiger partial charge >= 0.3 is 0 Å². The molecule has 0 fully saturated rings. The van der Waals surface area contributed by atoms with Crippen LogP contribution in [0.2, 0.25) is 0 Å². The van der Waals surface area contributed by atoms with Crippen LogP contribution in [0.4, 0.5) is 0 Å². The van der Waals surface area contributed by atoms with Crippen molar-refractivity contribution in [1.82, 2.24) is 4.98 Å². The van der Waals surface area contributed by atoms with Crippen LogP contribution in [-0.4, -0.2) is 4.98 Å². The fourth-order valence-electron chi connectivity index (χ4n) is 1.75. The van der Waals surface area contributed by atoms with Gasteiger partial charge in [0.1, 0.15) is 0 Å². The normalized spacial score (nSPS) is 12.2. The Morgan fingerprint density at radius 1 is 1.18 bits per heavy atom. The molecule has 0 N–H and O–H groups in total. The van der Waals surface area contributed by atoms with Crippen molar-refractivity contribution in [1.29, 1.82) is 0 Å². The van der Waals surface area contributed by atoms with Crippen LogP contribution in [0.3, 0.4) is 0 Å². The highest BCUT2D eigenvalue weighted by Crippen LogP contribution is 2.04. The summed E-state index contributed by atoms with van der Waals surface area (Å²) < 4.78 is 0. The maximum Gasteiger partial charge on any atom is 0.0704 e. The van der Waals surface area contributed by atoms with Crippen molar-refractivity contribution in [2.45, 2.75) is 20.8 Å². The highest BCUT2D eigenvalue weighted by Gasteiger charge is 1.94. The summed E-state index contributed by atoms with van der Waals surface area (Å²) in [5.41, 5.74) is 0. The zero-order valence-corrected chi connectivity index (χ0v) is 10.8. The second-order valence-corrected chi connectivity index (χ2v) is 3.34. The smallest absolute Gasteiger partial charge is 0.0704 e. The summed E-state index contributed by atoms with van der Waals surface area (Å²) in [6.07, 6.45) is 7.69. The summed E-state index contributed by atoms with van der Waals surface area (Å²) >= 11 is 0. The molecule has 17 heavy (non-hydrogen) atoms. The van der Waals surface area contributed by atoms with Crippen molar-refractivity contribution < 1.29 is 0 Å². The third-order valence-corrected chi connectivity index (χ3v) is 2.43. The van der Waals surface area contributed by atoms with E-state index in [9.17, 15) is 0 Å². The molecule has 1 aromatic carbocycles. The van der Waals surface area contributed by atoms with E-state index in [2.05, 4.69) is 29.8 Å². The molecule has 0 atom stereocenters. The van der Waals surface area contributed by atoms with Gasteiger partial charge in [0.05, 0.1) is 5.35 Å². The van der Waals surface area contributed by atoms with Gasteiger partial charge in [-0.1, -0.05) is 56.8 Å². The lowest BCUT2D eigenvalue weighted by Crippen LogP contribution is -2.28. The fourth-order valence-corrected chi connectivity index (χ4v) is 1.75. The summed E-state index contributed by atoms with van der Waals surface area (Å²) in [5.74, 6) is 0. The molecule has 1 heterocycles. The van der Waals surface area contributed by atoms with Gasteiger partial charge in [-0.3, -0.25) is 4.98 Å². The van der Waals surface area contributed by atoms with Gasteiger partial charge in [0.25, 0.3) is 0 Å². The van der Waals surface area contributed by atoms with E-state index >= 15 is 0 Å². The zero-order chi connectivity index (χ0) is 12.7. The van der Waals surface area contributed by atoms with Crippen molar-refractivity contribution in [3.05, 3.63) is 53.7 Å². The third-order valence-electron chi connectivity index (χ3n) is 2.43. The predicted octanol–water partition coefficient (Wildman–Crippen LogP) is 3.03. The molecule has 0 aliphatic rings. The highest BCUT2D eigenvalue weighted by molar-refractivity contribution is 5.82. The number of benzene rings is 1. The van der Waals surface area contributed by atoms with Crippen LogP contribution < -0.4 is 10.6 Å². The molecule has 0 spiro atoms. The van der Waals surface area contributed by atoms with Gasteiger partial charge in [0.2, 0.25) is 0 Å². The summed E-state index contributed by atoms with van der Waals surface area (Å²) in [4.78, 5) is 4.41. The Morgan fingerprint density at radius 2 is 1.88 bits per heavy atom. The largest absolute Gasteiger partial charge is 0.256 e. The first-order valence-corrected chi connectivity index (χ1v) is 5.99. The van der Waals surface area contributed by atoms with E-state index in [1.807, 2.05) is 45.2 Å². The lowest BCUT2D eigenvalue weighted by atomic mass is 10.1. The lowest BCUT2D eigenvalue weighted by Gasteiger charge is -1.98. The quantitative estimate of drug-likeness (QED) is 0.727. The summed E-state index contributed by atoms with van der Waals surface area (Å²) in [5, 5.41) is 4.56. The molecule has 2 rings (SSSR count). The molecule has 0 saturated carbocycles. The summed E-state index contributed by atoms with van der Waals surface area (Å²) in [7, 11) is 0. The number of fused-ring (bicyclic) bond motifs is 1. The van der Waals surface area contributed by atoms with Gasteiger partial charge in [-0.15, -0.1) is 0 Å². The SMILES string of the molecule is C=C/C=c1/ncc2ccccc2/c1=C/C.CC. The number of aromatic nitrogens is 1. The minimum Gasteiger partial charge on any atom is -0.256 e. The first-order valence-electron chi connectivity index (χ1n) is 5.99. The monoisotopic (exact) mass is 225 g/mol. The summed E-state index contributed by atoms with van der Waals surface area (Å²) in [6, 6.07) is 8.27.